The molecule has 0 aliphatic heterocycles. The van der Waals surface area contributed by atoms with Gasteiger partial charge in [0, 0.05) is 28.5 Å². The predicted octanol–water partition coefficient (Wildman–Crippen LogP) is 4.36. The number of pyridine rings is 1. The molecule has 0 aliphatic carbocycles. The molecule has 0 unspecified atom stereocenters. The normalized spacial score (nSPS) is 10.7. The zero-order valence-electron chi connectivity index (χ0n) is 8.93. The predicted molar refractivity (Wildman–Crippen MR) is 70.5 cm³/mol. The lowest BCUT2D eigenvalue weighted by molar-refractivity contribution is 0.972. The summed E-state index contributed by atoms with van der Waals surface area (Å²) in [6, 6.07) is 5.52. The molecule has 0 aliphatic rings. The largest absolute Gasteiger partial charge is 0.370 e. The van der Waals surface area contributed by atoms with Crippen molar-refractivity contribution in [2.75, 3.05) is 11.9 Å². The first-order chi connectivity index (χ1) is 7.72. The minimum Gasteiger partial charge on any atom is -0.370 e. The first-order valence-electron chi connectivity index (χ1n) is 5.20. The van der Waals surface area contributed by atoms with Crippen LogP contribution < -0.4 is 5.32 Å². The van der Waals surface area contributed by atoms with E-state index in [4.69, 9.17) is 23.2 Å². The Labute approximate surface area is 105 Å². The Morgan fingerprint density at radius 3 is 2.81 bits per heavy atom. The summed E-state index contributed by atoms with van der Waals surface area (Å²) in [7, 11) is 0. The molecular weight excluding hydrogens is 243 g/mol. The first kappa shape index (κ1) is 11.5. The summed E-state index contributed by atoms with van der Waals surface area (Å²) in [5.41, 5.74) is 0. The fraction of sp³-hybridized carbons (Fsp3) is 0.250. The summed E-state index contributed by atoms with van der Waals surface area (Å²) in [5.74, 6) is 0.837. The summed E-state index contributed by atoms with van der Waals surface area (Å²) < 4.78 is 0. The van der Waals surface area contributed by atoms with E-state index in [-0.39, 0.29) is 0 Å². The lowest BCUT2D eigenvalue weighted by Crippen LogP contribution is -2.02. The van der Waals surface area contributed by atoms with E-state index >= 15 is 0 Å². The number of nitrogens with zero attached hydrogens (tertiary/aromatic N) is 1. The van der Waals surface area contributed by atoms with Crippen molar-refractivity contribution >= 4 is 39.8 Å². The van der Waals surface area contributed by atoms with Gasteiger partial charge in [-0.2, -0.15) is 0 Å². The molecular formula is C12H12Cl2N2. The molecule has 1 N–H and O–H groups in total. The molecule has 0 bridgehead atoms. The molecule has 0 saturated heterocycles. The van der Waals surface area contributed by atoms with Crippen molar-refractivity contribution in [1.29, 1.82) is 0 Å². The third kappa shape index (κ3) is 2.23. The number of benzene rings is 1. The highest BCUT2D eigenvalue weighted by molar-refractivity contribution is 6.39. The van der Waals surface area contributed by atoms with Crippen molar-refractivity contribution in [2.24, 2.45) is 0 Å². The fourth-order valence-corrected chi connectivity index (χ4v) is 2.15. The molecule has 2 aromatic rings. The van der Waals surface area contributed by atoms with Crippen LogP contribution in [-0.2, 0) is 0 Å². The zero-order valence-corrected chi connectivity index (χ0v) is 10.4. The molecule has 2 nitrogen and oxygen atoms in total. The van der Waals surface area contributed by atoms with Crippen LogP contribution >= 0.6 is 23.2 Å². The van der Waals surface area contributed by atoms with Crippen LogP contribution in [0.3, 0.4) is 0 Å². The van der Waals surface area contributed by atoms with Crippen LogP contribution in [-0.4, -0.2) is 11.5 Å². The average Bonchev–Trinajstić information content (AvgIpc) is 2.26. The molecule has 0 spiro atoms. The standard InChI is InChI=1S/C12H12Cl2N2/c1-2-4-15-12-10-6-8(13)7-11(14)9(10)3-5-16-12/h3,5-7H,2,4H2,1H3,(H,15,16). The van der Waals surface area contributed by atoms with Gasteiger partial charge in [0.25, 0.3) is 0 Å². The van der Waals surface area contributed by atoms with Gasteiger partial charge in [-0.25, -0.2) is 4.98 Å². The Kier molecular flexibility index (Phi) is 3.52. The number of halogens is 2. The quantitative estimate of drug-likeness (QED) is 0.881. The third-order valence-corrected chi connectivity index (χ3v) is 2.87. The van der Waals surface area contributed by atoms with Crippen LogP contribution in [0.15, 0.2) is 24.4 Å². The highest BCUT2D eigenvalue weighted by Gasteiger charge is 2.06. The molecule has 1 heterocycles. The van der Waals surface area contributed by atoms with Gasteiger partial charge in [0.05, 0.1) is 5.02 Å². The highest BCUT2D eigenvalue weighted by Crippen LogP contribution is 2.31. The number of fused-ring (bicyclic) bond motifs is 1. The van der Waals surface area contributed by atoms with E-state index in [1.54, 1.807) is 12.3 Å². The maximum absolute atomic E-state index is 6.13. The van der Waals surface area contributed by atoms with E-state index in [0.717, 1.165) is 29.6 Å². The zero-order chi connectivity index (χ0) is 11.5. The number of anilines is 1. The first-order valence-corrected chi connectivity index (χ1v) is 5.95. The second-order valence-corrected chi connectivity index (χ2v) is 4.41. The number of nitrogens with one attached hydrogen (secondary N) is 1. The smallest absolute Gasteiger partial charge is 0.133 e. The minimum atomic E-state index is 0.630. The van der Waals surface area contributed by atoms with Crippen molar-refractivity contribution < 1.29 is 0 Å². The van der Waals surface area contributed by atoms with E-state index in [1.165, 1.54) is 0 Å². The molecule has 4 heteroatoms. The van der Waals surface area contributed by atoms with Crippen LogP contribution in [0, 0.1) is 0 Å². The SMILES string of the molecule is CCCNc1nccc2c(Cl)cc(Cl)cc12. The van der Waals surface area contributed by atoms with Gasteiger partial charge in [0.1, 0.15) is 5.82 Å². The van der Waals surface area contributed by atoms with E-state index in [1.807, 2.05) is 12.1 Å². The van der Waals surface area contributed by atoms with Crippen LogP contribution in [0.1, 0.15) is 13.3 Å². The third-order valence-electron chi connectivity index (χ3n) is 2.34. The molecule has 16 heavy (non-hydrogen) atoms. The second-order valence-electron chi connectivity index (χ2n) is 3.57. The van der Waals surface area contributed by atoms with Crippen LogP contribution in [0.4, 0.5) is 5.82 Å². The van der Waals surface area contributed by atoms with E-state index in [0.29, 0.717) is 10.0 Å². The molecule has 2 rings (SSSR count). The lowest BCUT2D eigenvalue weighted by Gasteiger charge is -2.08. The maximum Gasteiger partial charge on any atom is 0.133 e. The second kappa shape index (κ2) is 4.89. The summed E-state index contributed by atoms with van der Waals surface area (Å²) in [6.07, 6.45) is 2.80. The summed E-state index contributed by atoms with van der Waals surface area (Å²) >= 11 is 12.1. The highest BCUT2D eigenvalue weighted by atomic mass is 35.5. The van der Waals surface area contributed by atoms with Crippen LogP contribution in [0.5, 0.6) is 0 Å². The molecule has 0 amide bonds. The van der Waals surface area contributed by atoms with Crippen molar-refractivity contribution in [3.05, 3.63) is 34.4 Å². The number of rotatable bonds is 3. The summed E-state index contributed by atoms with van der Waals surface area (Å²) in [6.45, 7) is 2.99. The molecule has 0 fully saturated rings. The van der Waals surface area contributed by atoms with E-state index < -0.39 is 0 Å². The van der Waals surface area contributed by atoms with Gasteiger partial charge in [-0.15, -0.1) is 0 Å². The van der Waals surface area contributed by atoms with Crippen LogP contribution in [0.25, 0.3) is 10.8 Å². The van der Waals surface area contributed by atoms with E-state index in [2.05, 4.69) is 17.2 Å². The fourth-order valence-electron chi connectivity index (χ4n) is 1.59. The van der Waals surface area contributed by atoms with Gasteiger partial charge in [-0.3, -0.25) is 0 Å². The summed E-state index contributed by atoms with van der Waals surface area (Å²) in [4.78, 5) is 4.30. The van der Waals surface area contributed by atoms with Crippen LogP contribution in [0.2, 0.25) is 10.0 Å². The molecule has 0 saturated carbocycles. The Morgan fingerprint density at radius 1 is 1.25 bits per heavy atom. The van der Waals surface area contributed by atoms with Gasteiger partial charge < -0.3 is 5.32 Å². The minimum absolute atomic E-state index is 0.630. The molecule has 1 aromatic carbocycles. The number of aromatic nitrogens is 1. The molecule has 0 radical (unpaired) electrons. The van der Waals surface area contributed by atoms with Crippen molar-refractivity contribution in [3.8, 4) is 0 Å². The summed E-state index contributed by atoms with van der Waals surface area (Å²) in [5, 5.41) is 6.49. The molecule has 0 atom stereocenters. The van der Waals surface area contributed by atoms with Crippen molar-refractivity contribution in [3.63, 3.8) is 0 Å². The van der Waals surface area contributed by atoms with Gasteiger partial charge in [-0.1, -0.05) is 30.1 Å². The number of hydrogen-bond acceptors (Lipinski definition) is 2. The van der Waals surface area contributed by atoms with Gasteiger partial charge >= 0.3 is 0 Å². The Morgan fingerprint density at radius 2 is 2.06 bits per heavy atom. The monoisotopic (exact) mass is 254 g/mol. The maximum atomic E-state index is 6.13. The Bertz CT molecular complexity index is 512. The van der Waals surface area contributed by atoms with Crippen molar-refractivity contribution in [2.45, 2.75) is 13.3 Å². The van der Waals surface area contributed by atoms with Gasteiger partial charge in [-0.05, 0) is 24.6 Å². The lowest BCUT2D eigenvalue weighted by atomic mass is 10.1. The Hall–Kier alpha value is -0.990. The van der Waals surface area contributed by atoms with Crippen molar-refractivity contribution in [1.82, 2.24) is 4.98 Å². The van der Waals surface area contributed by atoms with Gasteiger partial charge in [0.15, 0.2) is 0 Å². The molecule has 84 valence electrons. The Balaban J connectivity index is 2.57. The number of hydrogen-bond donors (Lipinski definition) is 1. The average molecular weight is 255 g/mol. The van der Waals surface area contributed by atoms with Gasteiger partial charge in [0.2, 0.25) is 0 Å². The molecule has 1 aromatic heterocycles. The topological polar surface area (TPSA) is 24.9 Å². The van der Waals surface area contributed by atoms with E-state index in [9.17, 15) is 0 Å².